The van der Waals surface area contributed by atoms with Crippen molar-refractivity contribution < 1.29 is 4.74 Å². The Morgan fingerprint density at radius 3 is 2.60 bits per heavy atom. The van der Waals surface area contributed by atoms with E-state index in [9.17, 15) is 0 Å². The molecule has 1 aliphatic rings. The lowest BCUT2D eigenvalue weighted by molar-refractivity contribution is 0.122. The normalized spacial score (nSPS) is 17.5. The van der Waals surface area contributed by atoms with Crippen LogP contribution in [-0.4, -0.2) is 36.1 Å². The van der Waals surface area contributed by atoms with Crippen LogP contribution in [0, 0.1) is 0 Å². The molecule has 0 spiro atoms. The number of hydrogen-bond donors (Lipinski definition) is 0. The largest absolute Gasteiger partial charge is 0.378 e. The number of aryl methyl sites for hydroxylation is 1. The van der Waals surface area contributed by atoms with Gasteiger partial charge < -0.3 is 9.64 Å². The van der Waals surface area contributed by atoms with Crippen LogP contribution in [0.4, 0.5) is 5.82 Å². The molecule has 4 nitrogen and oxygen atoms in total. The number of nitrogens with zero attached hydrogens (tertiary/aromatic N) is 3. The van der Waals surface area contributed by atoms with Gasteiger partial charge >= 0.3 is 0 Å². The Kier molecular flexibility index (Phi) is 2.95. The van der Waals surface area contributed by atoms with Gasteiger partial charge in [0.05, 0.1) is 19.4 Å². The SMILES string of the molecule is CC(C)c1cnn(C)c1N1CCOCC1. The molecule has 2 rings (SSSR count). The van der Waals surface area contributed by atoms with E-state index in [2.05, 4.69) is 23.8 Å². The first-order valence-electron chi connectivity index (χ1n) is 5.54. The predicted octanol–water partition coefficient (Wildman–Crippen LogP) is 1.38. The van der Waals surface area contributed by atoms with Crippen LogP contribution in [0.15, 0.2) is 6.20 Å². The molecular formula is C11H19N3O. The fourth-order valence-corrected chi connectivity index (χ4v) is 2.02. The minimum atomic E-state index is 0.525. The highest BCUT2D eigenvalue weighted by Gasteiger charge is 2.19. The molecule has 84 valence electrons. The summed E-state index contributed by atoms with van der Waals surface area (Å²) in [6, 6.07) is 0. The maximum Gasteiger partial charge on any atom is 0.130 e. The third kappa shape index (κ3) is 2.00. The molecule has 1 aliphatic heterocycles. The zero-order valence-corrected chi connectivity index (χ0v) is 9.73. The van der Waals surface area contributed by atoms with Gasteiger partial charge in [0.15, 0.2) is 0 Å². The number of aromatic nitrogens is 2. The Bertz CT molecular complexity index is 327. The molecule has 15 heavy (non-hydrogen) atoms. The smallest absolute Gasteiger partial charge is 0.130 e. The van der Waals surface area contributed by atoms with E-state index in [1.54, 1.807) is 0 Å². The van der Waals surface area contributed by atoms with E-state index in [4.69, 9.17) is 4.74 Å². The second-order valence-electron chi connectivity index (χ2n) is 4.30. The average molecular weight is 209 g/mol. The number of anilines is 1. The van der Waals surface area contributed by atoms with Gasteiger partial charge in [0.1, 0.15) is 5.82 Å². The van der Waals surface area contributed by atoms with Gasteiger partial charge in [0.2, 0.25) is 0 Å². The molecule has 0 unspecified atom stereocenters. The highest BCUT2D eigenvalue weighted by Crippen LogP contribution is 2.27. The van der Waals surface area contributed by atoms with Crippen molar-refractivity contribution in [3.05, 3.63) is 11.8 Å². The van der Waals surface area contributed by atoms with Gasteiger partial charge in [-0.1, -0.05) is 13.8 Å². The lowest BCUT2D eigenvalue weighted by Crippen LogP contribution is -2.38. The van der Waals surface area contributed by atoms with Crippen molar-refractivity contribution >= 4 is 5.82 Å². The summed E-state index contributed by atoms with van der Waals surface area (Å²) in [5.74, 6) is 1.78. The van der Waals surface area contributed by atoms with E-state index in [-0.39, 0.29) is 0 Å². The second kappa shape index (κ2) is 4.23. The van der Waals surface area contributed by atoms with Gasteiger partial charge in [-0.05, 0) is 5.92 Å². The fraction of sp³-hybridized carbons (Fsp3) is 0.727. The zero-order chi connectivity index (χ0) is 10.8. The first-order chi connectivity index (χ1) is 7.20. The maximum absolute atomic E-state index is 5.37. The van der Waals surface area contributed by atoms with Crippen LogP contribution in [0.2, 0.25) is 0 Å². The number of morpholine rings is 1. The van der Waals surface area contributed by atoms with Crippen molar-refractivity contribution in [2.75, 3.05) is 31.2 Å². The van der Waals surface area contributed by atoms with Gasteiger partial charge in [-0.15, -0.1) is 0 Å². The molecule has 0 aromatic carbocycles. The molecule has 0 bridgehead atoms. The minimum Gasteiger partial charge on any atom is -0.378 e. The summed E-state index contributed by atoms with van der Waals surface area (Å²) < 4.78 is 7.34. The summed E-state index contributed by atoms with van der Waals surface area (Å²) in [6.07, 6.45) is 1.98. The van der Waals surface area contributed by atoms with E-state index in [1.165, 1.54) is 11.4 Å². The molecular weight excluding hydrogens is 190 g/mol. The van der Waals surface area contributed by atoms with Crippen LogP contribution in [0.5, 0.6) is 0 Å². The highest BCUT2D eigenvalue weighted by molar-refractivity contribution is 5.48. The Labute approximate surface area is 90.8 Å². The average Bonchev–Trinajstić information content (AvgIpc) is 2.61. The molecule has 0 N–H and O–H groups in total. The maximum atomic E-state index is 5.37. The van der Waals surface area contributed by atoms with Crippen LogP contribution in [0.25, 0.3) is 0 Å². The van der Waals surface area contributed by atoms with Crippen LogP contribution >= 0.6 is 0 Å². The van der Waals surface area contributed by atoms with Crippen LogP contribution in [-0.2, 0) is 11.8 Å². The summed E-state index contributed by atoms with van der Waals surface area (Å²) in [5.41, 5.74) is 1.33. The molecule has 0 saturated carbocycles. The lowest BCUT2D eigenvalue weighted by atomic mass is 10.1. The predicted molar refractivity (Wildman–Crippen MR) is 60.3 cm³/mol. The van der Waals surface area contributed by atoms with E-state index < -0.39 is 0 Å². The summed E-state index contributed by atoms with van der Waals surface area (Å²) in [4.78, 5) is 2.37. The van der Waals surface area contributed by atoms with E-state index in [0.717, 1.165) is 26.3 Å². The first kappa shape index (κ1) is 10.5. The molecule has 1 fully saturated rings. The molecule has 1 aromatic heterocycles. The summed E-state index contributed by atoms with van der Waals surface area (Å²) in [7, 11) is 2.01. The molecule has 2 heterocycles. The molecule has 0 radical (unpaired) electrons. The molecule has 4 heteroatoms. The topological polar surface area (TPSA) is 30.3 Å². The van der Waals surface area contributed by atoms with Crippen molar-refractivity contribution in [1.82, 2.24) is 9.78 Å². The standard InChI is InChI=1S/C11H19N3O/c1-9(2)10-8-12-13(3)11(10)14-4-6-15-7-5-14/h8-9H,4-7H2,1-3H3. The Hall–Kier alpha value is -1.03. The number of rotatable bonds is 2. The van der Waals surface area contributed by atoms with Crippen molar-refractivity contribution in [3.8, 4) is 0 Å². The van der Waals surface area contributed by atoms with Gasteiger partial charge in [0, 0.05) is 25.7 Å². The van der Waals surface area contributed by atoms with Crippen molar-refractivity contribution in [3.63, 3.8) is 0 Å². The highest BCUT2D eigenvalue weighted by atomic mass is 16.5. The van der Waals surface area contributed by atoms with E-state index >= 15 is 0 Å². The minimum absolute atomic E-state index is 0.525. The quantitative estimate of drug-likeness (QED) is 0.737. The molecule has 0 aliphatic carbocycles. The van der Waals surface area contributed by atoms with Gasteiger partial charge in [-0.2, -0.15) is 5.10 Å². The van der Waals surface area contributed by atoms with Gasteiger partial charge in [-0.25, -0.2) is 0 Å². The second-order valence-corrected chi connectivity index (χ2v) is 4.30. The summed E-state index contributed by atoms with van der Waals surface area (Å²) in [5, 5.41) is 4.35. The van der Waals surface area contributed by atoms with Crippen molar-refractivity contribution in [2.45, 2.75) is 19.8 Å². The number of hydrogen-bond acceptors (Lipinski definition) is 3. The summed E-state index contributed by atoms with van der Waals surface area (Å²) in [6.45, 7) is 8.01. The number of ether oxygens (including phenoxy) is 1. The monoisotopic (exact) mass is 209 g/mol. The van der Waals surface area contributed by atoms with E-state index in [1.807, 2.05) is 17.9 Å². The van der Waals surface area contributed by atoms with E-state index in [0.29, 0.717) is 5.92 Å². The third-order valence-corrected chi connectivity index (χ3v) is 2.87. The Morgan fingerprint density at radius 2 is 2.00 bits per heavy atom. The molecule has 1 aromatic rings. The van der Waals surface area contributed by atoms with Crippen molar-refractivity contribution in [2.24, 2.45) is 7.05 Å². The lowest BCUT2D eigenvalue weighted by Gasteiger charge is -2.30. The van der Waals surface area contributed by atoms with Gasteiger partial charge in [-0.3, -0.25) is 4.68 Å². The Balaban J connectivity index is 2.28. The molecule has 0 amide bonds. The van der Waals surface area contributed by atoms with Gasteiger partial charge in [0.25, 0.3) is 0 Å². The third-order valence-electron chi connectivity index (χ3n) is 2.87. The Morgan fingerprint density at radius 1 is 1.33 bits per heavy atom. The van der Waals surface area contributed by atoms with Crippen LogP contribution in [0.1, 0.15) is 25.3 Å². The van der Waals surface area contributed by atoms with Crippen LogP contribution < -0.4 is 4.90 Å². The zero-order valence-electron chi connectivity index (χ0n) is 9.73. The molecule has 1 saturated heterocycles. The molecule has 0 atom stereocenters. The summed E-state index contributed by atoms with van der Waals surface area (Å²) >= 11 is 0. The van der Waals surface area contributed by atoms with Crippen molar-refractivity contribution in [1.29, 1.82) is 0 Å². The van der Waals surface area contributed by atoms with Crippen LogP contribution in [0.3, 0.4) is 0 Å². The fourth-order valence-electron chi connectivity index (χ4n) is 2.02. The first-order valence-corrected chi connectivity index (χ1v) is 5.54.